The van der Waals surface area contributed by atoms with Crippen LogP contribution in [-0.2, 0) is 4.79 Å². The molecule has 0 heterocycles. The summed E-state index contributed by atoms with van der Waals surface area (Å²) in [4.78, 5) is 23.0. The van der Waals surface area contributed by atoms with Gasteiger partial charge in [-0.15, -0.1) is 0 Å². The first kappa shape index (κ1) is 16.2. The summed E-state index contributed by atoms with van der Waals surface area (Å²) in [5.41, 5.74) is 7.68. The molecule has 0 saturated heterocycles. The highest BCUT2D eigenvalue weighted by Crippen LogP contribution is 2.20. The minimum Gasteiger partial charge on any atom is -0.478 e. The Morgan fingerprint density at radius 1 is 1.30 bits per heavy atom. The van der Waals surface area contributed by atoms with E-state index in [2.05, 4.69) is 5.32 Å². The van der Waals surface area contributed by atoms with Gasteiger partial charge in [0.1, 0.15) is 0 Å². The van der Waals surface area contributed by atoms with Gasteiger partial charge < -0.3 is 16.2 Å². The Kier molecular flexibility index (Phi) is 4.89. The van der Waals surface area contributed by atoms with Crippen molar-refractivity contribution in [1.82, 2.24) is 0 Å². The lowest BCUT2D eigenvalue weighted by Gasteiger charge is -2.18. The highest BCUT2D eigenvalue weighted by molar-refractivity contribution is 5.95. The molecule has 20 heavy (non-hydrogen) atoms. The van der Waals surface area contributed by atoms with Crippen molar-refractivity contribution >= 4 is 17.6 Å². The molecule has 0 fully saturated rings. The van der Waals surface area contributed by atoms with E-state index in [4.69, 9.17) is 10.8 Å². The summed E-state index contributed by atoms with van der Waals surface area (Å²) in [5, 5.41) is 11.8. The number of carbonyl (C=O) groups is 2. The molecule has 1 rings (SSSR count). The number of carbonyl (C=O) groups excluding carboxylic acids is 1. The van der Waals surface area contributed by atoms with E-state index in [1.54, 1.807) is 13.0 Å². The Labute approximate surface area is 119 Å². The Hall–Kier alpha value is -1.88. The second-order valence-corrected chi connectivity index (χ2v) is 5.81. The lowest BCUT2D eigenvalue weighted by molar-refractivity contribution is -0.116. The van der Waals surface area contributed by atoms with Crippen LogP contribution in [0, 0.1) is 13.8 Å². The largest absolute Gasteiger partial charge is 0.478 e. The Balaban J connectivity index is 2.83. The summed E-state index contributed by atoms with van der Waals surface area (Å²) in [6, 6.07) is 3.25. The van der Waals surface area contributed by atoms with Crippen molar-refractivity contribution in [3.63, 3.8) is 0 Å². The van der Waals surface area contributed by atoms with Gasteiger partial charge in [0, 0.05) is 17.6 Å². The number of aromatic carboxylic acids is 1. The van der Waals surface area contributed by atoms with E-state index in [-0.39, 0.29) is 11.5 Å². The first-order valence-electron chi connectivity index (χ1n) is 6.53. The van der Waals surface area contributed by atoms with Crippen LogP contribution in [-0.4, -0.2) is 22.5 Å². The van der Waals surface area contributed by atoms with Gasteiger partial charge in [-0.1, -0.05) is 0 Å². The van der Waals surface area contributed by atoms with Crippen molar-refractivity contribution in [3.8, 4) is 0 Å². The Morgan fingerprint density at radius 3 is 2.40 bits per heavy atom. The van der Waals surface area contributed by atoms with E-state index in [0.717, 1.165) is 5.56 Å². The predicted molar refractivity (Wildman–Crippen MR) is 79.0 cm³/mol. The zero-order valence-corrected chi connectivity index (χ0v) is 12.4. The molecule has 1 aromatic rings. The third-order valence-electron chi connectivity index (χ3n) is 3.18. The summed E-state index contributed by atoms with van der Waals surface area (Å²) in [7, 11) is 0. The van der Waals surface area contributed by atoms with Crippen LogP contribution in [0.2, 0.25) is 0 Å². The van der Waals surface area contributed by atoms with Gasteiger partial charge in [0.25, 0.3) is 0 Å². The van der Waals surface area contributed by atoms with Gasteiger partial charge in [0.15, 0.2) is 0 Å². The number of carboxylic acids is 1. The smallest absolute Gasteiger partial charge is 0.336 e. The number of hydrogen-bond acceptors (Lipinski definition) is 3. The summed E-state index contributed by atoms with van der Waals surface area (Å²) in [6.07, 6.45) is 0.869. The standard InChI is InChI=1S/C15H22N2O3/c1-9-7-11(8-12(10(9)2)14(19)20)17-13(18)5-6-15(3,4)16/h7-8H,5-6,16H2,1-4H3,(H,17,18)(H,19,20). The van der Waals surface area contributed by atoms with Crippen LogP contribution in [0.1, 0.15) is 48.2 Å². The molecule has 0 saturated carbocycles. The molecule has 0 spiro atoms. The molecule has 0 aliphatic carbocycles. The number of anilines is 1. The summed E-state index contributed by atoms with van der Waals surface area (Å²) in [6.45, 7) is 7.29. The zero-order chi connectivity index (χ0) is 15.5. The van der Waals surface area contributed by atoms with Crippen molar-refractivity contribution < 1.29 is 14.7 Å². The van der Waals surface area contributed by atoms with E-state index >= 15 is 0 Å². The van der Waals surface area contributed by atoms with E-state index < -0.39 is 11.5 Å². The highest BCUT2D eigenvalue weighted by Gasteiger charge is 2.15. The normalized spacial score (nSPS) is 11.2. The fraction of sp³-hybridized carbons (Fsp3) is 0.467. The fourth-order valence-corrected chi connectivity index (χ4v) is 1.81. The van der Waals surface area contributed by atoms with E-state index in [9.17, 15) is 9.59 Å². The Morgan fingerprint density at radius 2 is 1.90 bits per heavy atom. The molecule has 4 N–H and O–H groups in total. The van der Waals surface area contributed by atoms with Gasteiger partial charge in [0.05, 0.1) is 5.56 Å². The number of nitrogens with two attached hydrogens (primary N) is 1. The molecule has 0 aliphatic rings. The van der Waals surface area contributed by atoms with Crippen molar-refractivity contribution in [2.75, 3.05) is 5.32 Å². The zero-order valence-electron chi connectivity index (χ0n) is 12.4. The van der Waals surface area contributed by atoms with Crippen LogP contribution in [0.4, 0.5) is 5.69 Å². The molecule has 0 radical (unpaired) electrons. The maximum absolute atomic E-state index is 11.8. The SMILES string of the molecule is Cc1cc(NC(=O)CCC(C)(C)N)cc(C(=O)O)c1C. The number of carboxylic acid groups (broad SMARTS) is 1. The molecule has 0 atom stereocenters. The number of amides is 1. The molecule has 110 valence electrons. The van der Waals surface area contributed by atoms with Crippen molar-refractivity contribution in [3.05, 3.63) is 28.8 Å². The van der Waals surface area contributed by atoms with Crippen LogP contribution in [0.15, 0.2) is 12.1 Å². The quantitative estimate of drug-likeness (QED) is 0.771. The lowest BCUT2D eigenvalue weighted by Crippen LogP contribution is -2.33. The van der Waals surface area contributed by atoms with Gasteiger partial charge in [-0.05, 0) is 57.4 Å². The van der Waals surface area contributed by atoms with Crippen molar-refractivity contribution in [1.29, 1.82) is 0 Å². The topological polar surface area (TPSA) is 92.4 Å². The average Bonchev–Trinajstić information content (AvgIpc) is 2.29. The first-order valence-corrected chi connectivity index (χ1v) is 6.53. The lowest BCUT2D eigenvalue weighted by atomic mass is 9.99. The van der Waals surface area contributed by atoms with Gasteiger partial charge in [-0.3, -0.25) is 4.79 Å². The number of hydrogen-bond donors (Lipinski definition) is 3. The number of nitrogens with one attached hydrogen (secondary N) is 1. The number of aryl methyl sites for hydroxylation is 1. The molecular formula is C15H22N2O3. The fourth-order valence-electron chi connectivity index (χ4n) is 1.81. The maximum Gasteiger partial charge on any atom is 0.336 e. The van der Waals surface area contributed by atoms with Crippen LogP contribution in [0.5, 0.6) is 0 Å². The van der Waals surface area contributed by atoms with Crippen LogP contribution >= 0.6 is 0 Å². The van der Waals surface area contributed by atoms with Gasteiger partial charge >= 0.3 is 5.97 Å². The van der Waals surface area contributed by atoms with Crippen LogP contribution in [0.3, 0.4) is 0 Å². The van der Waals surface area contributed by atoms with Crippen molar-refractivity contribution in [2.24, 2.45) is 5.73 Å². The van der Waals surface area contributed by atoms with E-state index in [1.807, 2.05) is 20.8 Å². The van der Waals surface area contributed by atoms with Gasteiger partial charge in [0.2, 0.25) is 5.91 Å². The molecule has 0 unspecified atom stereocenters. The maximum atomic E-state index is 11.8. The second-order valence-electron chi connectivity index (χ2n) is 5.81. The molecule has 1 aromatic carbocycles. The summed E-state index contributed by atoms with van der Waals surface area (Å²) >= 11 is 0. The minimum absolute atomic E-state index is 0.164. The number of rotatable bonds is 5. The summed E-state index contributed by atoms with van der Waals surface area (Å²) < 4.78 is 0. The second kappa shape index (κ2) is 6.05. The molecule has 5 heteroatoms. The molecular weight excluding hydrogens is 256 g/mol. The van der Waals surface area contributed by atoms with Crippen molar-refractivity contribution in [2.45, 2.75) is 46.1 Å². The van der Waals surface area contributed by atoms with Crippen LogP contribution in [0.25, 0.3) is 0 Å². The summed E-state index contributed by atoms with van der Waals surface area (Å²) in [5.74, 6) is -1.16. The highest BCUT2D eigenvalue weighted by atomic mass is 16.4. The Bertz CT molecular complexity index is 531. The molecule has 0 aliphatic heterocycles. The molecule has 1 amide bonds. The molecule has 0 bridgehead atoms. The minimum atomic E-state index is -0.996. The van der Waals surface area contributed by atoms with E-state index in [1.165, 1.54) is 6.07 Å². The molecule has 0 aromatic heterocycles. The monoisotopic (exact) mass is 278 g/mol. The van der Waals surface area contributed by atoms with Gasteiger partial charge in [-0.2, -0.15) is 0 Å². The third-order valence-corrected chi connectivity index (χ3v) is 3.18. The molecule has 5 nitrogen and oxygen atoms in total. The van der Waals surface area contributed by atoms with Gasteiger partial charge in [-0.25, -0.2) is 4.79 Å². The third kappa shape index (κ3) is 4.66. The predicted octanol–water partition coefficient (Wildman–Crippen LogP) is 2.46. The van der Waals surface area contributed by atoms with E-state index in [0.29, 0.717) is 24.1 Å². The number of benzene rings is 1. The van der Waals surface area contributed by atoms with Crippen LogP contribution < -0.4 is 11.1 Å². The average molecular weight is 278 g/mol. The first-order chi connectivity index (χ1) is 9.10.